The fourth-order valence-electron chi connectivity index (χ4n) is 1.47. The molecular formula is C12H17NO4S. The summed E-state index contributed by atoms with van der Waals surface area (Å²) in [5.41, 5.74) is 0.687. The van der Waals surface area contributed by atoms with E-state index in [0.717, 1.165) is 4.31 Å². The van der Waals surface area contributed by atoms with Crippen LogP contribution in [-0.4, -0.2) is 37.4 Å². The minimum absolute atomic E-state index is 0.0233. The second-order valence-corrected chi connectivity index (χ2v) is 6.34. The normalized spacial score (nSPS) is 13.5. The van der Waals surface area contributed by atoms with Gasteiger partial charge in [0.15, 0.2) is 0 Å². The van der Waals surface area contributed by atoms with Crippen molar-refractivity contribution in [3.8, 4) is 0 Å². The molecule has 1 rings (SSSR count). The van der Waals surface area contributed by atoms with Crippen molar-refractivity contribution in [2.45, 2.75) is 12.7 Å². The van der Waals surface area contributed by atoms with Gasteiger partial charge in [-0.05, 0) is 5.56 Å². The number of carboxylic acids is 1. The van der Waals surface area contributed by atoms with Crippen molar-refractivity contribution in [3.05, 3.63) is 35.9 Å². The van der Waals surface area contributed by atoms with Crippen LogP contribution < -0.4 is 0 Å². The Morgan fingerprint density at radius 3 is 2.39 bits per heavy atom. The van der Waals surface area contributed by atoms with Crippen LogP contribution in [0.1, 0.15) is 12.5 Å². The SMILES string of the molecule is CC(CN(C)S(=O)(=O)Cc1ccccc1)C(=O)O. The van der Waals surface area contributed by atoms with Crippen LogP contribution in [0.2, 0.25) is 0 Å². The van der Waals surface area contributed by atoms with Gasteiger partial charge in [0.2, 0.25) is 10.0 Å². The molecule has 0 aliphatic heterocycles. The van der Waals surface area contributed by atoms with Gasteiger partial charge in [-0.3, -0.25) is 4.79 Å². The lowest BCUT2D eigenvalue weighted by molar-refractivity contribution is -0.141. The topological polar surface area (TPSA) is 74.7 Å². The van der Waals surface area contributed by atoms with Crippen molar-refractivity contribution in [1.29, 1.82) is 0 Å². The number of hydrogen-bond donors (Lipinski definition) is 1. The van der Waals surface area contributed by atoms with Crippen molar-refractivity contribution < 1.29 is 18.3 Å². The van der Waals surface area contributed by atoms with E-state index in [2.05, 4.69) is 0 Å². The third-order valence-electron chi connectivity index (χ3n) is 2.62. The molecule has 6 heteroatoms. The van der Waals surface area contributed by atoms with Crippen LogP contribution in [0.25, 0.3) is 0 Å². The van der Waals surface area contributed by atoms with Gasteiger partial charge in [0.05, 0.1) is 11.7 Å². The van der Waals surface area contributed by atoms with Crippen LogP contribution in [-0.2, 0) is 20.6 Å². The largest absolute Gasteiger partial charge is 0.481 e. The maximum absolute atomic E-state index is 12.0. The van der Waals surface area contributed by atoms with Crippen molar-refractivity contribution >= 4 is 16.0 Å². The summed E-state index contributed by atoms with van der Waals surface area (Å²) in [5.74, 6) is -1.84. The highest BCUT2D eigenvalue weighted by molar-refractivity contribution is 7.88. The van der Waals surface area contributed by atoms with Crippen LogP contribution in [0.3, 0.4) is 0 Å². The van der Waals surface area contributed by atoms with Gasteiger partial charge < -0.3 is 5.11 Å². The van der Waals surface area contributed by atoms with Gasteiger partial charge in [0, 0.05) is 13.6 Å². The summed E-state index contributed by atoms with van der Waals surface area (Å²) in [6.07, 6.45) is 0. The fourth-order valence-corrected chi connectivity index (χ4v) is 2.76. The summed E-state index contributed by atoms with van der Waals surface area (Å²) >= 11 is 0. The Morgan fingerprint density at radius 1 is 1.33 bits per heavy atom. The zero-order valence-electron chi connectivity index (χ0n) is 10.4. The third-order valence-corrected chi connectivity index (χ3v) is 4.42. The summed E-state index contributed by atoms with van der Waals surface area (Å²) in [6, 6.07) is 8.81. The number of nitrogens with zero attached hydrogens (tertiary/aromatic N) is 1. The number of carbonyl (C=O) groups is 1. The molecule has 1 atom stereocenters. The van der Waals surface area contributed by atoms with E-state index in [9.17, 15) is 13.2 Å². The Bertz CT molecular complexity index is 498. The Morgan fingerprint density at radius 2 is 1.89 bits per heavy atom. The first-order valence-corrected chi connectivity index (χ1v) is 7.14. The Hall–Kier alpha value is -1.40. The van der Waals surface area contributed by atoms with Gasteiger partial charge in [-0.15, -0.1) is 0 Å². The molecule has 100 valence electrons. The van der Waals surface area contributed by atoms with E-state index >= 15 is 0 Å². The molecule has 0 aliphatic carbocycles. The van der Waals surface area contributed by atoms with Gasteiger partial charge in [0.1, 0.15) is 0 Å². The minimum Gasteiger partial charge on any atom is -0.481 e. The van der Waals surface area contributed by atoms with Gasteiger partial charge in [-0.1, -0.05) is 37.3 Å². The van der Waals surface area contributed by atoms with Crippen LogP contribution in [0.4, 0.5) is 0 Å². The highest BCUT2D eigenvalue weighted by Crippen LogP contribution is 2.11. The summed E-state index contributed by atoms with van der Waals surface area (Å²) in [6.45, 7) is 1.46. The van der Waals surface area contributed by atoms with Crippen LogP contribution in [0.5, 0.6) is 0 Å². The molecule has 0 fully saturated rings. The summed E-state index contributed by atoms with van der Waals surface area (Å²) in [4.78, 5) is 10.7. The molecule has 0 amide bonds. The van der Waals surface area contributed by atoms with E-state index < -0.39 is 21.9 Å². The zero-order chi connectivity index (χ0) is 13.8. The summed E-state index contributed by atoms with van der Waals surface area (Å²) in [7, 11) is -2.07. The molecule has 5 nitrogen and oxygen atoms in total. The van der Waals surface area contributed by atoms with Gasteiger partial charge in [-0.2, -0.15) is 0 Å². The quantitative estimate of drug-likeness (QED) is 0.842. The first-order chi connectivity index (χ1) is 8.33. The molecule has 0 spiro atoms. The predicted molar refractivity (Wildman–Crippen MR) is 68.5 cm³/mol. The molecule has 0 aromatic heterocycles. The van der Waals surface area contributed by atoms with Gasteiger partial charge in [-0.25, -0.2) is 12.7 Å². The lowest BCUT2D eigenvalue weighted by Crippen LogP contribution is -2.34. The number of hydrogen-bond acceptors (Lipinski definition) is 3. The average Bonchev–Trinajstić information content (AvgIpc) is 2.29. The summed E-state index contributed by atoms with van der Waals surface area (Å²) < 4.78 is 25.1. The number of benzene rings is 1. The van der Waals surface area contributed by atoms with Crippen LogP contribution >= 0.6 is 0 Å². The van der Waals surface area contributed by atoms with E-state index in [1.54, 1.807) is 24.3 Å². The molecule has 1 unspecified atom stereocenters. The van der Waals surface area contributed by atoms with Gasteiger partial charge >= 0.3 is 5.97 Å². The second-order valence-electron chi connectivity index (χ2n) is 4.26. The molecular weight excluding hydrogens is 254 g/mol. The van der Waals surface area contributed by atoms with E-state index in [1.165, 1.54) is 14.0 Å². The first-order valence-electron chi connectivity index (χ1n) is 5.53. The van der Waals surface area contributed by atoms with Crippen LogP contribution in [0, 0.1) is 5.92 Å². The zero-order valence-corrected chi connectivity index (χ0v) is 11.2. The molecule has 0 radical (unpaired) electrons. The number of aliphatic carboxylic acids is 1. The predicted octanol–water partition coefficient (Wildman–Crippen LogP) is 1.17. The third kappa shape index (κ3) is 4.12. The highest BCUT2D eigenvalue weighted by Gasteiger charge is 2.23. The standard InChI is InChI=1S/C12H17NO4S/c1-10(12(14)15)8-13(2)18(16,17)9-11-6-4-3-5-7-11/h3-7,10H,8-9H2,1-2H3,(H,14,15). The van der Waals surface area contributed by atoms with Crippen molar-refractivity contribution in [2.75, 3.05) is 13.6 Å². The van der Waals surface area contributed by atoms with Gasteiger partial charge in [0.25, 0.3) is 0 Å². The molecule has 18 heavy (non-hydrogen) atoms. The molecule has 0 aliphatic rings. The molecule has 0 saturated heterocycles. The fraction of sp³-hybridized carbons (Fsp3) is 0.417. The number of rotatable bonds is 6. The van der Waals surface area contributed by atoms with E-state index in [-0.39, 0.29) is 12.3 Å². The maximum atomic E-state index is 12.0. The molecule has 0 heterocycles. The van der Waals surface area contributed by atoms with Crippen molar-refractivity contribution in [1.82, 2.24) is 4.31 Å². The smallest absolute Gasteiger partial charge is 0.307 e. The molecule has 1 aromatic carbocycles. The maximum Gasteiger partial charge on any atom is 0.307 e. The van der Waals surface area contributed by atoms with E-state index in [4.69, 9.17) is 5.11 Å². The molecule has 0 saturated carbocycles. The van der Waals surface area contributed by atoms with E-state index in [1.807, 2.05) is 6.07 Å². The summed E-state index contributed by atoms with van der Waals surface area (Å²) in [5, 5.41) is 8.76. The highest BCUT2D eigenvalue weighted by atomic mass is 32.2. The lowest BCUT2D eigenvalue weighted by atomic mass is 10.2. The molecule has 0 bridgehead atoms. The minimum atomic E-state index is -3.47. The monoisotopic (exact) mass is 271 g/mol. The number of sulfonamides is 1. The Kier molecular flexibility index (Phi) is 4.86. The lowest BCUT2D eigenvalue weighted by Gasteiger charge is -2.19. The van der Waals surface area contributed by atoms with E-state index in [0.29, 0.717) is 5.56 Å². The molecule has 1 N–H and O–H groups in total. The van der Waals surface area contributed by atoms with Crippen molar-refractivity contribution in [2.24, 2.45) is 5.92 Å². The Balaban J connectivity index is 2.72. The second kappa shape index (κ2) is 5.97. The average molecular weight is 271 g/mol. The number of carboxylic acid groups (broad SMARTS) is 1. The Labute approximate surface area is 107 Å². The molecule has 1 aromatic rings. The van der Waals surface area contributed by atoms with Crippen LogP contribution in [0.15, 0.2) is 30.3 Å². The first kappa shape index (κ1) is 14.7. The van der Waals surface area contributed by atoms with Crippen molar-refractivity contribution in [3.63, 3.8) is 0 Å².